The monoisotopic (exact) mass is 389 g/mol. The minimum Gasteiger partial charge on any atom is -0.455 e. The van der Waals surface area contributed by atoms with Gasteiger partial charge in [0.05, 0.1) is 12.0 Å². The average Bonchev–Trinajstić information content (AvgIpc) is 3.25. The zero-order chi connectivity index (χ0) is 19.8. The minimum absolute atomic E-state index is 0.0611. The molecule has 28 heavy (non-hydrogen) atoms. The van der Waals surface area contributed by atoms with Crippen molar-refractivity contribution < 1.29 is 23.9 Å². The van der Waals surface area contributed by atoms with Crippen molar-refractivity contribution in [2.24, 2.45) is 5.92 Å². The summed E-state index contributed by atoms with van der Waals surface area (Å²) in [7, 11) is 0. The summed E-state index contributed by atoms with van der Waals surface area (Å²) in [4.78, 5) is 37.9. The van der Waals surface area contributed by atoms with Crippen LogP contribution in [0.25, 0.3) is 0 Å². The van der Waals surface area contributed by atoms with Crippen molar-refractivity contribution in [3.8, 4) is 0 Å². The Morgan fingerprint density at radius 3 is 2.54 bits per heavy atom. The number of benzene rings is 1. The fraction of sp³-hybridized carbons (Fsp3) is 0.550. The summed E-state index contributed by atoms with van der Waals surface area (Å²) in [5, 5.41) is 5.57. The number of carbonyl (C=O) groups is 3. The molecule has 8 heteroatoms. The summed E-state index contributed by atoms with van der Waals surface area (Å²) in [5.74, 6) is -0.981. The molecule has 0 saturated carbocycles. The van der Waals surface area contributed by atoms with Crippen molar-refractivity contribution in [2.75, 3.05) is 38.2 Å². The van der Waals surface area contributed by atoms with Crippen LogP contribution in [0.15, 0.2) is 30.3 Å². The molecule has 3 rings (SSSR count). The van der Waals surface area contributed by atoms with Gasteiger partial charge in [-0.15, -0.1) is 0 Å². The number of hydrogen-bond acceptors (Lipinski definition) is 5. The van der Waals surface area contributed by atoms with E-state index in [-0.39, 0.29) is 36.5 Å². The largest absolute Gasteiger partial charge is 0.455 e. The normalized spacial score (nSPS) is 19.9. The fourth-order valence-corrected chi connectivity index (χ4v) is 3.38. The second-order valence-corrected chi connectivity index (χ2v) is 7.10. The zero-order valence-electron chi connectivity index (χ0n) is 15.9. The van der Waals surface area contributed by atoms with Crippen LogP contribution in [0.5, 0.6) is 0 Å². The SMILES string of the molecule is O=C(COC(=O)C1CCN(C(=O)Nc2ccccc2)CC1)NC[C@H]1CCCO1. The number of esters is 1. The van der Waals surface area contributed by atoms with Gasteiger partial charge in [0, 0.05) is 31.9 Å². The highest BCUT2D eigenvalue weighted by molar-refractivity contribution is 5.89. The Balaban J connectivity index is 1.33. The molecule has 0 aliphatic carbocycles. The predicted molar refractivity (Wildman–Crippen MR) is 103 cm³/mol. The van der Waals surface area contributed by atoms with Gasteiger partial charge in [-0.1, -0.05) is 18.2 Å². The first kappa shape index (κ1) is 20.1. The smallest absolute Gasteiger partial charge is 0.321 e. The summed E-state index contributed by atoms with van der Waals surface area (Å²) in [6.45, 7) is 1.86. The van der Waals surface area contributed by atoms with Crippen LogP contribution in [0.1, 0.15) is 25.7 Å². The number of urea groups is 1. The van der Waals surface area contributed by atoms with Gasteiger partial charge in [0.1, 0.15) is 0 Å². The summed E-state index contributed by atoms with van der Waals surface area (Å²) < 4.78 is 10.6. The Hall–Kier alpha value is -2.61. The molecule has 1 atom stereocenters. The van der Waals surface area contributed by atoms with Crippen LogP contribution in [-0.4, -0.2) is 61.8 Å². The zero-order valence-corrected chi connectivity index (χ0v) is 15.9. The van der Waals surface area contributed by atoms with Gasteiger partial charge in [-0.2, -0.15) is 0 Å². The van der Waals surface area contributed by atoms with E-state index in [9.17, 15) is 14.4 Å². The maximum absolute atomic E-state index is 12.3. The summed E-state index contributed by atoms with van der Waals surface area (Å²) >= 11 is 0. The summed E-state index contributed by atoms with van der Waals surface area (Å²) in [5.41, 5.74) is 0.739. The van der Waals surface area contributed by atoms with E-state index in [4.69, 9.17) is 9.47 Å². The third-order valence-electron chi connectivity index (χ3n) is 5.04. The van der Waals surface area contributed by atoms with Crippen molar-refractivity contribution >= 4 is 23.6 Å². The number of para-hydroxylation sites is 1. The van der Waals surface area contributed by atoms with E-state index >= 15 is 0 Å². The molecular weight excluding hydrogens is 362 g/mol. The number of likely N-dealkylation sites (tertiary alicyclic amines) is 1. The quantitative estimate of drug-likeness (QED) is 0.723. The predicted octanol–water partition coefficient (Wildman–Crippen LogP) is 1.77. The van der Waals surface area contributed by atoms with Crippen LogP contribution in [0, 0.1) is 5.92 Å². The molecule has 2 saturated heterocycles. The molecule has 0 spiro atoms. The Morgan fingerprint density at radius 1 is 1.11 bits per heavy atom. The molecule has 2 aliphatic rings. The van der Waals surface area contributed by atoms with Crippen molar-refractivity contribution in [3.05, 3.63) is 30.3 Å². The van der Waals surface area contributed by atoms with Crippen LogP contribution in [0.3, 0.4) is 0 Å². The number of rotatable bonds is 6. The second kappa shape index (κ2) is 10.1. The maximum atomic E-state index is 12.3. The van der Waals surface area contributed by atoms with Crippen molar-refractivity contribution in [1.82, 2.24) is 10.2 Å². The van der Waals surface area contributed by atoms with Crippen molar-refractivity contribution in [3.63, 3.8) is 0 Å². The van der Waals surface area contributed by atoms with Gasteiger partial charge in [-0.3, -0.25) is 9.59 Å². The first-order valence-corrected chi connectivity index (χ1v) is 9.78. The number of nitrogens with one attached hydrogen (secondary N) is 2. The number of ether oxygens (including phenoxy) is 2. The van der Waals surface area contributed by atoms with Crippen LogP contribution in [-0.2, 0) is 19.1 Å². The molecule has 1 aromatic carbocycles. The molecule has 2 aliphatic heterocycles. The molecule has 2 N–H and O–H groups in total. The van der Waals surface area contributed by atoms with E-state index in [0.717, 1.165) is 25.1 Å². The lowest BCUT2D eigenvalue weighted by atomic mass is 9.97. The Labute approximate surface area is 164 Å². The standard InChI is InChI=1S/C20H27N3O5/c24-18(21-13-17-7-4-12-27-17)14-28-19(25)15-8-10-23(11-9-15)20(26)22-16-5-2-1-3-6-16/h1-3,5-6,15,17H,4,7-14H2,(H,21,24)(H,22,26)/t17-/m1/s1. The average molecular weight is 389 g/mol. The van der Waals surface area contributed by atoms with E-state index in [2.05, 4.69) is 10.6 Å². The summed E-state index contributed by atoms with van der Waals surface area (Å²) in [6, 6.07) is 9.07. The van der Waals surface area contributed by atoms with Gasteiger partial charge in [0.15, 0.2) is 6.61 Å². The lowest BCUT2D eigenvalue weighted by Gasteiger charge is -2.30. The maximum Gasteiger partial charge on any atom is 0.321 e. The summed E-state index contributed by atoms with van der Waals surface area (Å²) in [6.07, 6.45) is 3.07. The molecule has 2 fully saturated rings. The molecule has 1 aromatic rings. The number of amides is 3. The van der Waals surface area contributed by atoms with Gasteiger partial charge in [0.2, 0.25) is 0 Å². The Kier molecular flexibility index (Phi) is 7.25. The molecule has 0 bridgehead atoms. The van der Waals surface area contributed by atoms with E-state index in [1.54, 1.807) is 4.90 Å². The highest BCUT2D eigenvalue weighted by atomic mass is 16.5. The van der Waals surface area contributed by atoms with Crippen LogP contribution < -0.4 is 10.6 Å². The number of piperidine rings is 1. The van der Waals surface area contributed by atoms with E-state index in [0.29, 0.717) is 32.5 Å². The highest BCUT2D eigenvalue weighted by Gasteiger charge is 2.29. The number of carbonyl (C=O) groups excluding carboxylic acids is 3. The van der Waals surface area contributed by atoms with E-state index in [1.165, 1.54) is 0 Å². The van der Waals surface area contributed by atoms with Gasteiger partial charge in [-0.05, 0) is 37.8 Å². The lowest BCUT2D eigenvalue weighted by molar-refractivity contribution is -0.153. The molecule has 8 nitrogen and oxygen atoms in total. The first-order valence-electron chi connectivity index (χ1n) is 9.78. The van der Waals surface area contributed by atoms with E-state index < -0.39 is 0 Å². The number of anilines is 1. The third-order valence-corrected chi connectivity index (χ3v) is 5.04. The van der Waals surface area contributed by atoms with Crippen LogP contribution >= 0.6 is 0 Å². The van der Waals surface area contributed by atoms with Crippen molar-refractivity contribution in [1.29, 1.82) is 0 Å². The number of nitrogens with zero attached hydrogens (tertiary/aromatic N) is 1. The van der Waals surface area contributed by atoms with Gasteiger partial charge in [0.25, 0.3) is 5.91 Å². The highest BCUT2D eigenvalue weighted by Crippen LogP contribution is 2.19. The third kappa shape index (κ3) is 5.95. The lowest BCUT2D eigenvalue weighted by Crippen LogP contribution is -2.43. The van der Waals surface area contributed by atoms with Gasteiger partial charge < -0.3 is 25.0 Å². The topological polar surface area (TPSA) is 97.0 Å². The Morgan fingerprint density at radius 2 is 1.86 bits per heavy atom. The molecule has 3 amide bonds. The second-order valence-electron chi connectivity index (χ2n) is 7.10. The van der Waals surface area contributed by atoms with Crippen molar-refractivity contribution in [2.45, 2.75) is 31.8 Å². The van der Waals surface area contributed by atoms with Gasteiger partial charge >= 0.3 is 12.0 Å². The van der Waals surface area contributed by atoms with E-state index in [1.807, 2.05) is 30.3 Å². The van der Waals surface area contributed by atoms with Crippen LogP contribution in [0.2, 0.25) is 0 Å². The Bertz CT molecular complexity index is 668. The molecular formula is C20H27N3O5. The fourth-order valence-electron chi connectivity index (χ4n) is 3.38. The first-order chi connectivity index (χ1) is 13.6. The molecule has 2 heterocycles. The molecule has 0 aromatic heterocycles. The molecule has 152 valence electrons. The minimum atomic E-state index is -0.379. The number of hydrogen-bond donors (Lipinski definition) is 2. The molecule has 0 unspecified atom stereocenters. The van der Waals surface area contributed by atoms with Gasteiger partial charge in [-0.25, -0.2) is 4.79 Å². The van der Waals surface area contributed by atoms with Crippen LogP contribution in [0.4, 0.5) is 10.5 Å². The molecule has 0 radical (unpaired) electrons.